The standard InChI is InChI=1S/C12H13N3S/c13-12(14-9-1-2-9)15-10-3-4-11-8(7-10)5-6-16-11/h3-7,9H,1-2H2,(H3,13,14,15). The number of benzene rings is 1. The van der Waals surface area contributed by atoms with Gasteiger partial charge in [0.2, 0.25) is 0 Å². The second-order valence-electron chi connectivity index (χ2n) is 4.04. The van der Waals surface area contributed by atoms with E-state index in [1.807, 2.05) is 6.07 Å². The topological polar surface area (TPSA) is 50.4 Å². The Morgan fingerprint density at radius 1 is 1.38 bits per heavy atom. The number of fused-ring (bicyclic) bond motifs is 1. The largest absolute Gasteiger partial charge is 0.370 e. The van der Waals surface area contributed by atoms with Crippen LogP contribution in [0.1, 0.15) is 12.8 Å². The lowest BCUT2D eigenvalue weighted by atomic mass is 10.2. The molecule has 0 saturated heterocycles. The fraction of sp³-hybridized carbons (Fsp3) is 0.250. The molecule has 1 heterocycles. The van der Waals surface area contributed by atoms with Crippen LogP contribution in [-0.2, 0) is 0 Å². The van der Waals surface area contributed by atoms with Crippen LogP contribution in [0.3, 0.4) is 0 Å². The van der Waals surface area contributed by atoms with Crippen molar-refractivity contribution in [3.8, 4) is 0 Å². The van der Waals surface area contributed by atoms with Crippen LogP contribution >= 0.6 is 11.3 Å². The van der Waals surface area contributed by atoms with Gasteiger partial charge < -0.3 is 11.1 Å². The number of aliphatic imine (C=N–C) groups is 1. The van der Waals surface area contributed by atoms with Crippen molar-refractivity contribution in [1.29, 1.82) is 0 Å². The molecule has 0 radical (unpaired) electrons. The van der Waals surface area contributed by atoms with E-state index >= 15 is 0 Å². The van der Waals surface area contributed by atoms with Crippen molar-refractivity contribution in [2.75, 3.05) is 5.32 Å². The molecule has 3 nitrogen and oxygen atoms in total. The van der Waals surface area contributed by atoms with E-state index in [1.54, 1.807) is 11.3 Å². The molecule has 1 aromatic carbocycles. The zero-order chi connectivity index (χ0) is 11.0. The lowest BCUT2D eigenvalue weighted by Gasteiger charge is -2.05. The Morgan fingerprint density at radius 3 is 3.06 bits per heavy atom. The van der Waals surface area contributed by atoms with Crippen LogP contribution < -0.4 is 11.1 Å². The molecular weight excluding hydrogens is 218 g/mol. The summed E-state index contributed by atoms with van der Waals surface area (Å²) in [5.74, 6) is 0.525. The van der Waals surface area contributed by atoms with Crippen molar-refractivity contribution < 1.29 is 0 Å². The van der Waals surface area contributed by atoms with Gasteiger partial charge in [-0.2, -0.15) is 0 Å². The van der Waals surface area contributed by atoms with Gasteiger partial charge in [-0.15, -0.1) is 11.3 Å². The summed E-state index contributed by atoms with van der Waals surface area (Å²) in [4.78, 5) is 4.34. The summed E-state index contributed by atoms with van der Waals surface area (Å²) in [6.45, 7) is 0. The molecule has 3 rings (SSSR count). The maximum absolute atomic E-state index is 5.81. The SMILES string of the molecule is NC(=NC1CC1)Nc1ccc2sccc2c1. The predicted octanol–water partition coefficient (Wildman–Crippen LogP) is 2.79. The van der Waals surface area contributed by atoms with Gasteiger partial charge in [-0.1, -0.05) is 0 Å². The summed E-state index contributed by atoms with van der Waals surface area (Å²) in [5.41, 5.74) is 6.81. The minimum atomic E-state index is 0.456. The summed E-state index contributed by atoms with van der Waals surface area (Å²) >= 11 is 1.75. The third kappa shape index (κ3) is 2.02. The number of nitrogens with zero attached hydrogens (tertiary/aromatic N) is 1. The molecule has 1 saturated carbocycles. The molecule has 1 fully saturated rings. The van der Waals surface area contributed by atoms with E-state index in [2.05, 4.69) is 33.9 Å². The number of anilines is 1. The summed E-state index contributed by atoms with van der Waals surface area (Å²) in [6, 6.07) is 8.80. The van der Waals surface area contributed by atoms with Gasteiger partial charge in [0.05, 0.1) is 6.04 Å². The first-order chi connectivity index (χ1) is 7.81. The highest BCUT2D eigenvalue weighted by atomic mass is 32.1. The van der Waals surface area contributed by atoms with Crippen LogP contribution in [0.25, 0.3) is 10.1 Å². The van der Waals surface area contributed by atoms with Gasteiger partial charge in [-0.3, -0.25) is 0 Å². The Kier molecular flexibility index (Phi) is 2.29. The zero-order valence-corrected chi connectivity index (χ0v) is 9.63. The molecule has 4 heteroatoms. The van der Waals surface area contributed by atoms with Crippen LogP contribution in [-0.4, -0.2) is 12.0 Å². The highest BCUT2D eigenvalue weighted by Crippen LogP contribution is 2.25. The molecule has 1 aromatic heterocycles. The monoisotopic (exact) mass is 231 g/mol. The average Bonchev–Trinajstić information content (AvgIpc) is 2.95. The van der Waals surface area contributed by atoms with Crippen LogP contribution in [0.5, 0.6) is 0 Å². The first kappa shape index (κ1) is 9.66. The summed E-state index contributed by atoms with van der Waals surface area (Å²) in [5, 5.41) is 6.47. The van der Waals surface area contributed by atoms with Crippen molar-refractivity contribution in [3.05, 3.63) is 29.6 Å². The van der Waals surface area contributed by atoms with Crippen molar-refractivity contribution in [2.24, 2.45) is 10.7 Å². The maximum Gasteiger partial charge on any atom is 0.193 e. The number of thiophene rings is 1. The normalized spacial score (nSPS) is 16.6. The van der Waals surface area contributed by atoms with Crippen molar-refractivity contribution >= 4 is 33.1 Å². The molecule has 16 heavy (non-hydrogen) atoms. The Morgan fingerprint density at radius 2 is 2.25 bits per heavy atom. The molecule has 0 unspecified atom stereocenters. The highest BCUT2D eigenvalue weighted by Gasteiger charge is 2.20. The highest BCUT2D eigenvalue weighted by molar-refractivity contribution is 7.17. The lowest BCUT2D eigenvalue weighted by Crippen LogP contribution is -2.22. The van der Waals surface area contributed by atoms with Crippen molar-refractivity contribution in [1.82, 2.24) is 0 Å². The number of nitrogens with one attached hydrogen (secondary N) is 1. The second kappa shape index (κ2) is 3.79. The fourth-order valence-electron chi connectivity index (χ4n) is 1.62. The number of rotatable bonds is 2. The third-order valence-corrected chi connectivity index (χ3v) is 3.49. The van der Waals surface area contributed by atoms with E-state index in [4.69, 9.17) is 5.73 Å². The zero-order valence-electron chi connectivity index (χ0n) is 8.81. The van der Waals surface area contributed by atoms with Gasteiger partial charge in [0.15, 0.2) is 5.96 Å². The van der Waals surface area contributed by atoms with Crippen molar-refractivity contribution in [3.63, 3.8) is 0 Å². The van der Waals surface area contributed by atoms with E-state index < -0.39 is 0 Å². The van der Waals surface area contributed by atoms with Gasteiger partial charge in [0.1, 0.15) is 0 Å². The Hall–Kier alpha value is -1.55. The molecule has 2 aromatic rings. The van der Waals surface area contributed by atoms with E-state index in [9.17, 15) is 0 Å². The molecule has 1 aliphatic rings. The van der Waals surface area contributed by atoms with E-state index in [1.165, 1.54) is 22.9 Å². The Bertz CT molecular complexity index is 540. The molecule has 0 aliphatic heterocycles. The van der Waals surface area contributed by atoms with E-state index in [0.29, 0.717) is 12.0 Å². The van der Waals surface area contributed by atoms with Gasteiger partial charge in [-0.05, 0) is 47.9 Å². The molecule has 0 atom stereocenters. The number of nitrogens with two attached hydrogens (primary N) is 1. The fourth-order valence-corrected chi connectivity index (χ4v) is 2.40. The number of hydrogen-bond donors (Lipinski definition) is 2. The summed E-state index contributed by atoms with van der Waals surface area (Å²) in [6.07, 6.45) is 2.35. The van der Waals surface area contributed by atoms with Crippen LogP contribution in [0, 0.1) is 0 Å². The molecule has 3 N–H and O–H groups in total. The Labute approximate surface area is 98.0 Å². The number of hydrogen-bond acceptors (Lipinski definition) is 2. The lowest BCUT2D eigenvalue weighted by molar-refractivity contribution is 1.06. The molecule has 0 spiro atoms. The van der Waals surface area contributed by atoms with Crippen molar-refractivity contribution in [2.45, 2.75) is 18.9 Å². The quantitative estimate of drug-likeness (QED) is 0.617. The number of guanidine groups is 1. The van der Waals surface area contributed by atoms with E-state index in [0.717, 1.165) is 5.69 Å². The molecule has 1 aliphatic carbocycles. The molecule has 0 bridgehead atoms. The predicted molar refractivity (Wildman–Crippen MR) is 70.1 cm³/mol. The second-order valence-corrected chi connectivity index (χ2v) is 4.99. The molecule has 0 amide bonds. The van der Waals surface area contributed by atoms with Gasteiger partial charge in [-0.25, -0.2) is 4.99 Å². The summed E-state index contributed by atoms with van der Waals surface area (Å²) in [7, 11) is 0. The summed E-state index contributed by atoms with van der Waals surface area (Å²) < 4.78 is 1.29. The molecular formula is C12H13N3S. The maximum atomic E-state index is 5.81. The van der Waals surface area contributed by atoms with Crippen LogP contribution in [0.15, 0.2) is 34.6 Å². The minimum Gasteiger partial charge on any atom is -0.370 e. The third-order valence-electron chi connectivity index (χ3n) is 2.59. The first-order valence-corrected chi connectivity index (χ1v) is 6.27. The van der Waals surface area contributed by atoms with Crippen LogP contribution in [0.4, 0.5) is 5.69 Å². The Balaban J connectivity index is 1.82. The van der Waals surface area contributed by atoms with Gasteiger partial charge in [0, 0.05) is 10.4 Å². The molecule has 82 valence electrons. The van der Waals surface area contributed by atoms with Crippen LogP contribution in [0.2, 0.25) is 0 Å². The average molecular weight is 231 g/mol. The van der Waals surface area contributed by atoms with Gasteiger partial charge >= 0.3 is 0 Å². The smallest absolute Gasteiger partial charge is 0.193 e. The van der Waals surface area contributed by atoms with E-state index in [-0.39, 0.29) is 0 Å². The minimum absolute atomic E-state index is 0.456. The van der Waals surface area contributed by atoms with Gasteiger partial charge in [0.25, 0.3) is 0 Å². The first-order valence-electron chi connectivity index (χ1n) is 5.39.